The van der Waals surface area contributed by atoms with Crippen LogP contribution < -0.4 is 0 Å². The maximum Gasteiger partial charge on any atom is 0.126 e. The van der Waals surface area contributed by atoms with Crippen LogP contribution in [0.3, 0.4) is 0 Å². The number of hydrogen-bond donors (Lipinski definition) is 1. The highest BCUT2D eigenvalue weighted by atomic mass is 33.1. The Morgan fingerprint density at radius 1 is 1.64 bits per heavy atom. The van der Waals surface area contributed by atoms with Crippen LogP contribution in [-0.2, 0) is 0 Å². The zero-order valence-corrected chi connectivity index (χ0v) is 9.22. The normalized spacial score (nSPS) is 12.4. The summed E-state index contributed by atoms with van der Waals surface area (Å²) in [4.78, 5) is 14.1. The number of rotatable bonds is 5. The minimum atomic E-state index is 0.144. The number of nitrogens with zero attached hydrogens (tertiary/aromatic N) is 2. The maximum absolute atomic E-state index is 10.1. The van der Waals surface area contributed by atoms with Gasteiger partial charge in [-0.25, -0.2) is 4.98 Å². The van der Waals surface area contributed by atoms with Crippen LogP contribution in [0.1, 0.15) is 6.92 Å². The lowest BCUT2D eigenvalue weighted by Crippen LogP contribution is -1.99. The fourth-order valence-electron chi connectivity index (χ4n) is 0.638. The summed E-state index contributed by atoms with van der Waals surface area (Å²) in [7, 11) is 3.01. The van der Waals surface area contributed by atoms with Crippen molar-refractivity contribution in [1.82, 2.24) is 4.98 Å². The standard InChI is InChI=1S/C8H10N2O2S2/c1-6(5-11)13-14-8-3-2-7(10-12)4-9-8/h2-4,6,11H,5H2,1H3/t6-/m1/s1. The third-order valence-electron chi connectivity index (χ3n) is 1.38. The van der Waals surface area contributed by atoms with E-state index >= 15 is 0 Å². The molecule has 0 saturated carbocycles. The Balaban J connectivity index is 2.47. The Morgan fingerprint density at radius 2 is 2.43 bits per heavy atom. The predicted molar refractivity (Wildman–Crippen MR) is 59.7 cm³/mol. The molecular weight excluding hydrogens is 220 g/mol. The summed E-state index contributed by atoms with van der Waals surface area (Å²) in [6.45, 7) is 2.07. The summed E-state index contributed by atoms with van der Waals surface area (Å²) < 4.78 is 0. The molecule has 0 radical (unpaired) electrons. The van der Waals surface area contributed by atoms with E-state index in [-0.39, 0.29) is 11.9 Å². The number of aliphatic hydroxyl groups excluding tert-OH is 1. The third-order valence-corrected chi connectivity index (χ3v) is 4.15. The molecular formula is C8H10N2O2S2. The van der Waals surface area contributed by atoms with E-state index in [4.69, 9.17) is 5.11 Å². The molecule has 14 heavy (non-hydrogen) atoms. The highest BCUT2D eigenvalue weighted by Crippen LogP contribution is 2.33. The first-order chi connectivity index (χ1) is 6.76. The lowest BCUT2D eigenvalue weighted by molar-refractivity contribution is 0.300. The van der Waals surface area contributed by atoms with Gasteiger partial charge in [0.1, 0.15) is 10.7 Å². The zero-order valence-electron chi connectivity index (χ0n) is 7.58. The first kappa shape index (κ1) is 11.5. The van der Waals surface area contributed by atoms with Gasteiger partial charge in [0.25, 0.3) is 0 Å². The molecule has 1 aromatic heterocycles. The monoisotopic (exact) mass is 230 g/mol. The summed E-state index contributed by atoms with van der Waals surface area (Å²) in [6, 6.07) is 3.35. The first-order valence-electron chi connectivity index (χ1n) is 4.00. The van der Waals surface area contributed by atoms with Crippen LogP contribution in [0.4, 0.5) is 5.69 Å². The molecule has 4 nitrogen and oxygen atoms in total. The Kier molecular flexibility index (Phi) is 4.92. The summed E-state index contributed by atoms with van der Waals surface area (Å²) in [6.07, 6.45) is 1.43. The van der Waals surface area contributed by atoms with Crippen LogP contribution in [0.15, 0.2) is 28.5 Å². The van der Waals surface area contributed by atoms with Gasteiger partial charge in [0.2, 0.25) is 0 Å². The average molecular weight is 230 g/mol. The van der Waals surface area contributed by atoms with Gasteiger partial charge in [-0.2, -0.15) is 0 Å². The van der Waals surface area contributed by atoms with Gasteiger partial charge in [-0.05, 0) is 28.1 Å². The SMILES string of the molecule is C[C@H](CO)SSc1ccc(N=O)cn1. The lowest BCUT2D eigenvalue weighted by Gasteiger charge is -2.04. The Morgan fingerprint density at radius 3 is 2.93 bits per heavy atom. The topological polar surface area (TPSA) is 62.6 Å². The molecule has 1 atom stereocenters. The fourth-order valence-corrected chi connectivity index (χ4v) is 2.45. The molecule has 0 aliphatic carbocycles. The van der Waals surface area contributed by atoms with E-state index in [0.717, 1.165) is 5.03 Å². The Bertz CT molecular complexity index is 292. The summed E-state index contributed by atoms with van der Waals surface area (Å²) >= 11 is 0. The van der Waals surface area contributed by atoms with Crippen LogP contribution in [0.25, 0.3) is 0 Å². The molecule has 1 rings (SSSR count). The molecule has 0 saturated heterocycles. The fraction of sp³-hybridized carbons (Fsp3) is 0.375. The number of nitroso groups, excluding NO2 is 1. The molecule has 0 aliphatic heterocycles. The quantitative estimate of drug-likeness (QED) is 0.622. The first-order valence-corrected chi connectivity index (χ1v) is 6.21. The summed E-state index contributed by atoms with van der Waals surface area (Å²) in [5.74, 6) is 0. The van der Waals surface area contributed by atoms with Crippen LogP contribution in [0.2, 0.25) is 0 Å². The maximum atomic E-state index is 10.1. The van der Waals surface area contributed by atoms with Gasteiger partial charge in [-0.15, -0.1) is 4.91 Å². The zero-order chi connectivity index (χ0) is 10.4. The van der Waals surface area contributed by atoms with Crippen molar-refractivity contribution in [3.63, 3.8) is 0 Å². The predicted octanol–water partition coefficient (Wildman–Crippen LogP) is 2.60. The number of pyridine rings is 1. The van der Waals surface area contributed by atoms with E-state index in [2.05, 4.69) is 10.2 Å². The molecule has 0 unspecified atom stereocenters. The Hall–Kier alpha value is -0.590. The van der Waals surface area contributed by atoms with Crippen molar-refractivity contribution in [3.05, 3.63) is 23.2 Å². The van der Waals surface area contributed by atoms with E-state index in [9.17, 15) is 4.91 Å². The molecule has 1 aromatic rings. The van der Waals surface area contributed by atoms with E-state index < -0.39 is 0 Å². The largest absolute Gasteiger partial charge is 0.395 e. The number of aromatic nitrogens is 1. The highest BCUT2D eigenvalue weighted by Gasteiger charge is 2.03. The van der Waals surface area contributed by atoms with Crippen LogP contribution in [0.5, 0.6) is 0 Å². The molecule has 1 N–H and O–H groups in total. The van der Waals surface area contributed by atoms with Crippen LogP contribution >= 0.6 is 21.6 Å². The Labute approximate surface area is 89.9 Å². The second kappa shape index (κ2) is 6.00. The van der Waals surface area contributed by atoms with Crippen molar-refractivity contribution in [2.24, 2.45) is 5.18 Å². The van der Waals surface area contributed by atoms with Crippen molar-refractivity contribution in [3.8, 4) is 0 Å². The van der Waals surface area contributed by atoms with Gasteiger partial charge in [0.15, 0.2) is 0 Å². The van der Waals surface area contributed by atoms with E-state index in [1.165, 1.54) is 27.8 Å². The number of hydrogen-bond acceptors (Lipinski definition) is 6. The molecule has 1 heterocycles. The molecule has 76 valence electrons. The van der Waals surface area contributed by atoms with Gasteiger partial charge >= 0.3 is 0 Å². The van der Waals surface area contributed by atoms with Gasteiger partial charge in [-0.3, -0.25) is 0 Å². The summed E-state index contributed by atoms with van der Waals surface area (Å²) in [5.41, 5.74) is 0.328. The second-order valence-electron chi connectivity index (χ2n) is 2.62. The number of aliphatic hydroxyl groups is 1. The molecule has 0 amide bonds. The lowest BCUT2D eigenvalue weighted by atomic mass is 10.4. The van der Waals surface area contributed by atoms with Crippen LogP contribution in [0, 0.1) is 4.91 Å². The molecule has 0 spiro atoms. The van der Waals surface area contributed by atoms with Crippen LogP contribution in [-0.4, -0.2) is 21.9 Å². The van der Waals surface area contributed by atoms with Crippen molar-refractivity contribution in [2.75, 3.05) is 6.61 Å². The minimum absolute atomic E-state index is 0.144. The highest BCUT2D eigenvalue weighted by molar-refractivity contribution is 8.76. The molecule has 0 bridgehead atoms. The smallest absolute Gasteiger partial charge is 0.126 e. The van der Waals surface area contributed by atoms with Gasteiger partial charge < -0.3 is 5.11 Å². The summed E-state index contributed by atoms with van der Waals surface area (Å²) in [5, 5.41) is 12.5. The third kappa shape index (κ3) is 3.65. The van der Waals surface area contributed by atoms with Crippen molar-refractivity contribution < 1.29 is 5.11 Å². The van der Waals surface area contributed by atoms with Gasteiger partial charge in [0.05, 0.1) is 12.8 Å². The molecule has 0 fully saturated rings. The molecule has 0 aromatic carbocycles. The van der Waals surface area contributed by atoms with E-state index in [1.807, 2.05) is 6.92 Å². The van der Waals surface area contributed by atoms with Gasteiger partial charge in [-0.1, -0.05) is 17.7 Å². The molecule has 0 aliphatic rings. The van der Waals surface area contributed by atoms with Crippen molar-refractivity contribution >= 4 is 27.3 Å². The molecule has 6 heteroatoms. The van der Waals surface area contributed by atoms with Crippen molar-refractivity contribution in [2.45, 2.75) is 17.2 Å². The van der Waals surface area contributed by atoms with Crippen molar-refractivity contribution in [1.29, 1.82) is 0 Å². The van der Waals surface area contributed by atoms with Gasteiger partial charge in [0, 0.05) is 5.25 Å². The minimum Gasteiger partial charge on any atom is -0.395 e. The van der Waals surface area contributed by atoms with E-state index in [0.29, 0.717) is 5.69 Å². The van der Waals surface area contributed by atoms with E-state index in [1.54, 1.807) is 12.1 Å². The average Bonchev–Trinajstić information content (AvgIpc) is 2.26. The second-order valence-corrected chi connectivity index (χ2v) is 5.28.